The van der Waals surface area contributed by atoms with Gasteiger partial charge in [0.15, 0.2) is 0 Å². The second-order valence-electron chi connectivity index (χ2n) is 5.22. The van der Waals surface area contributed by atoms with Crippen LogP contribution in [0.4, 0.5) is 0 Å². The average molecular weight is 301 g/mol. The molecule has 1 saturated heterocycles. The molecule has 0 radical (unpaired) electrons. The Morgan fingerprint density at radius 2 is 2.14 bits per heavy atom. The molecule has 3 rings (SSSR count). The fraction of sp³-hybridized carbons (Fsp3) is 0.375. The van der Waals surface area contributed by atoms with Gasteiger partial charge in [0.2, 0.25) is 5.91 Å². The van der Waals surface area contributed by atoms with Gasteiger partial charge in [0.05, 0.1) is 12.5 Å². The Morgan fingerprint density at radius 1 is 1.33 bits per heavy atom. The topological polar surface area (TPSA) is 46.9 Å². The number of benzene rings is 1. The Morgan fingerprint density at radius 3 is 2.86 bits per heavy atom. The lowest BCUT2D eigenvalue weighted by atomic mass is 10.1. The van der Waals surface area contributed by atoms with Crippen molar-refractivity contribution in [1.29, 1.82) is 0 Å². The fourth-order valence-corrected chi connectivity index (χ4v) is 3.08. The van der Waals surface area contributed by atoms with Gasteiger partial charge in [-0.3, -0.25) is 4.79 Å². The molecule has 1 aliphatic heterocycles. The summed E-state index contributed by atoms with van der Waals surface area (Å²) >= 11 is 1.82. The molecule has 0 bridgehead atoms. The first-order chi connectivity index (χ1) is 10.3. The van der Waals surface area contributed by atoms with E-state index in [-0.39, 0.29) is 11.8 Å². The molecule has 2 heterocycles. The van der Waals surface area contributed by atoms with E-state index in [0.29, 0.717) is 6.54 Å². The lowest BCUT2D eigenvalue weighted by molar-refractivity contribution is -0.124. The summed E-state index contributed by atoms with van der Waals surface area (Å²) in [5.41, 5.74) is 1.31. The number of carbonyl (C=O) groups excluding carboxylic acids is 1. The van der Waals surface area contributed by atoms with Crippen molar-refractivity contribution in [3.8, 4) is 0 Å². The third kappa shape index (κ3) is 3.67. The molecular formula is C16H19N3OS. The molecule has 1 amide bonds. The number of hydrogen-bond acceptors (Lipinski definition) is 3. The van der Waals surface area contributed by atoms with Gasteiger partial charge in [-0.25, -0.2) is 4.98 Å². The van der Waals surface area contributed by atoms with Gasteiger partial charge < -0.3 is 9.88 Å². The monoisotopic (exact) mass is 301 g/mol. The van der Waals surface area contributed by atoms with Crippen molar-refractivity contribution in [3.63, 3.8) is 0 Å². The molecule has 0 atom stereocenters. The van der Waals surface area contributed by atoms with Crippen molar-refractivity contribution in [1.82, 2.24) is 14.9 Å². The van der Waals surface area contributed by atoms with Crippen LogP contribution >= 0.6 is 11.8 Å². The van der Waals surface area contributed by atoms with Crippen LogP contribution in [0.3, 0.4) is 0 Å². The molecule has 1 N–H and O–H groups in total. The van der Waals surface area contributed by atoms with Gasteiger partial charge in [0, 0.05) is 30.4 Å². The van der Waals surface area contributed by atoms with E-state index in [4.69, 9.17) is 0 Å². The Kier molecular flexibility index (Phi) is 4.60. The van der Waals surface area contributed by atoms with Gasteiger partial charge in [-0.05, 0) is 12.0 Å². The third-order valence-electron chi connectivity index (χ3n) is 3.72. The normalized spacial score (nSPS) is 14.7. The highest BCUT2D eigenvalue weighted by atomic mass is 32.2. The SMILES string of the molecule is O=C(NCc1nccn1CCc1ccccc1)C1CSC1. The van der Waals surface area contributed by atoms with Crippen molar-refractivity contribution < 1.29 is 4.79 Å². The van der Waals surface area contributed by atoms with Crippen LogP contribution in [0.25, 0.3) is 0 Å². The molecule has 1 aromatic heterocycles. The first-order valence-corrected chi connectivity index (χ1v) is 8.38. The highest BCUT2D eigenvalue weighted by Crippen LogP contribution is 2.24. The number of aryl methyl sites for hydroxylation is 2. The predicted molar refractivity (Wildman–Crippen MR) is 85.0 cm³/mol. The maximum atomic E-state index is 11.8. The molecule has 0 saturated carbocycles. The lowest BCUT2D eigenvalue weighted by Gasteiger charge is -2.23. The van der Waals surface area contributed by atoms with Crippen LogP contribution in [0.2, 0.25) is 0 Å². The van der Waals surface area contributed by atoms with E-state index in [1.54, 1.807) is 6.20 Å². The number of hydrogen-bond donors (Lipinski definition) is 1. The largest absolute Gasteiger partial charge is 0.349 e. The molecular weight excluding hydrogens is 282 g/mol. The number of thioether (sulfide) groups is 1. The minimum absolute atomic E-state index is 0.159. The summed E-state index contributed by atoms with van der Waals surface area (Å²) in [6, 6.07) is 10.4. The Hall–Kier alpha value is -1.75. The van der Waals surface area contributed by atoms with E-state index >= 15 is 0 Å². The summed E-state index contributed by atoms with van der Waals surface area (Å²) in [6.07, 6.45) is 4.74. The Bertz CT molecular complexity index is 593. The minimum Gasteiger partial charge on any atom is -0.349 e. The number of carbonyl (C=O) groups is 1. The van der Waals surface area contributed by atoms with Crippen molar-refractivity contribution in [2.45, 2.75) is 19.5 Å². The van der Waals surface area contributed by atoms with Crippen LogP contribution in [0.1, 0.15) is 11.4 Å². The molecule has 0 aliphatic carbocycles. The number of nitrogens with zero attached hydrogens (tertiary/aromatic N) is 2. The molecule has 0 unspecified atom stereocenters. The van der Waals surface area contributed by atoms with Gasteiger partial charge in [-0.15, -0.1) is 0 Å². The summed E-state index contributed by atoms with van der Waals surface area (Å²) < 4.78 is 2.11. The average Bonchev–Trinajstić information content (AvgIpc) is 2.90. The van der Waals surface area contributed by atoms with Gasteiger partial charge >= 0.3 is 0 Å². The highest BCUT2D eigenvalue weighted by Gasteiger charge is 2.25. The van der Waals surface area contributed by atoms with E-state index in [2.05, 4.69) is 39.1 Å². The highest BCUT2D eigenvalue weighted by molar-refractivity contribution is 8.00. The third-order valence-corrected chi connectivity index (χ3v) is 4.99. The van der Waals surface area contributed by atoms with Crippen molar-refractivity contribution in [2.75, 3.05) is 11.5 Å². The predicted octanol–water partition coefficient (Wildman–Crippen LogP) is 2.10. The molecule has 2 aromatic rings. The zero-order chi connectivity index (χ0) is 14.5. The lowest BCUT2D eigenvalue weighted by Crippen LogP contribution is -2.38. The van der Waals surface area contributed by atoms with Crippen LogP contribution in [0.5, 0.6) is 0 Å². The van der Waals surface area contributed by atoms with E-state index in [1.807, 2.05) is 24.0 Å². The first-order valence-electron chi connectivity index (χ1n) is 7.22. The summed E-state index contributed by atoms with van der Waals surface area (Å²) in [4.78, 5) is 16.2. The number of aromatic nitrogens is 2. The quantitative estimate of drug-likeness (QED) is 0.889. The molecule has 1 aromatic carbocycles. The van der Waals surface area contributed by atoms with Crippen LogP contribution in [0.15, 0.2) is 42.7 Å². The number of nitrogens with one attached hydrogen (secondary N) is 1. The summed E-state index contributed by atoms with van der Waals surface area (Å²) in [7, 11) is 0. The molecule has 5 heteroatoms. The second kappa shape index (κ2) is 6.80. The first kappa shape index (κ1) is 14.2. The standard InChI is InChI=1S/C16H19N3OS/c20-16(14-11-21-12-14)18-10-15-17-7-9-19(15)8-6-13-4-2-1-3-5-13/h1-5,7,9,14H,6,8,10-12H2,(H,18,20). The van der Waals surface area contributed by atoms with Gasteiger partial charge in [-0.1, -0.05) is 30.3 Å². The maximum absolute atomic E-state index is 11.8. The van der Waals surface area contributed by atoms with E-state index in [0.717, 1.165) is 30.3 Å². The zero-order valence-corrected chi connectivity index (χ0v) is 12.7. The second-order valence-corrected chi connectivity index (χ2v) is 6.30. The fourth-order valence-electron chi connectivity index (χ4n) is 2.30. The zero-order valence-electron chi connectivity index (χ0n) is 11.9. The van der Waals surface area contributed by atoms with Crippen LogP contribution in [0, 0.1) is 5.92 Å². The van der Waals surface area contributed by atoms with Crippen LogP contribution < -0.4 is 5.32 Å². The Balaban J connectivity index is 1.52. The molecule has 1 aliphatic rings. The minimum atomic E-state index is 0.159. The number of imidazole rings is 1. The summed E-state index contributed by atoms with van der Waals surface area (Å²) in [5, 5.41) is 2.99. The van der Waals surface area contributed by atoms with Crippen LogP contribution in [-0.4, -0.2) is 27.0 Å². The molecule has 110 valence electrons. The maximum Gasteiger partial charge on any atom is 0.225 e. The Labute approximate surface area is 129 Å². The number of rotatable bonds is 6. The van der Waals surface area contributed by atoms with Gasteiger partial charge in [0.1, 0.15) is 5.82 Å². The summed E-state index contributed by atoms with van der Waals surface area (Å²) in [5.74, 6) is 3.18. The van der Waals surface area contributed by atoms with E-state index < -0.39 is 0 Å². The van der Waals surface area contributed by atoms with Crippen molar-refractivity contribution in [3.05, 3.63) is 54.1 Å². The molecule has 21 heavy (non-hydrogen) atoms. The van der Waals surface area contributed by atoms with Crippen LogP contribution in [-0.2, 0) is 24.3 Å². The smallest absolute Gasteiger partial charge is 0.225 e. The van der Waals surface area contributed by atoms with E-state index in [1.165, 1.54) is 5.56 Å². The number of amides is 1. The molecule has 0 spiro atoms. The van der Waals surface area contributed by atoms with Gasteiger partial charge in [-0.2, -0.15) is 11.8 Å². The molecule has 4 nitrogen and oxygen atoms in total. The van der Waals surface area contributed by atoms with Gasteiger partial charge in [0.25, 0.3) is 0 Å². The van der Waals surface area contributed by atoms with E-state index in [9.17, 15) is 4.79 Å². The molecule has 1 fully saturated rings. The summed E-state index contributed by atoms with van der Waals surface area (Å²) in [6.45, 7) is 1.40. The van der Waals surface area contributed by atoms with Crippen molar-refractivity contribution in [2.24, 2.45) is 5.92 Å². The van der Waals surface area contributed by atoms with Crippen molar-refractivity contribution >= 4 is 17.7 Å².